The molecule has 1 aromatic carbocycles. The number of carboxylic acid groups (broad SMARTS) is 1. The van der Waals surface area contributed by atoms with Crippen molar-refractivity contribution in [2.24, 2.45) is 0 Å². The molecule has 1 N–H and O–H groups in total. The van der Waals surface area contributed by atoms with E-state index in [4.69, 9.17) is 9.26 Å². The van der Waals surface area contributed by atoms with E-state index in [-0.39, 0.29) is 5.56 Å². The highest BCUT2D eigenvalue weighted by Crippen LogP contribution is 2.27. The van der Waals surface area contributed by atoms with E-state index in [0.29, 0.717) is 30.0 Å². The molecule has 1 heterocycles. The zero-order valence-corrected chi connectivity index (χ0v) is 11.5. The van der Waals surface area contributed by atoms with Crippen LogP contribution in [0, 0.1) is 0 Å². The van der Waals surface area contributed by atoms with Gasteiger partial charge in [0.05, 0.1) is 6.61 Å². The van der Waals surface area contributed by atoms with E-state index in [1.54, 1.807) is 24.3 Å². The molecular weight excluding hydrogens is 258 g/mol. The largest absolute Gasteiger partial charge is 0.494 e. The number of rotatable bonds is 6. The highest BCUT2D eigenvalue weighted by molar-refractivity contribution is 5.95. The molecule has 2 aromatic rings. The molecule has 2 rings (SSSR count). The van der Waals surface area contributed by atoms with Crippen LogP contribution < -0.4 is 4.74 Å². The minimum Gasteiger partial charge on any atom is -0.494 e. The molecule has 106 valence electrons. The van der Waals surface area contributed by atoms with E-state index in [1.165, 1.54) is 0 Å². The van der Waals surface area contributed by atoms with Gasteiger partial charge in [0.15, 0.2) is 5.76 Å². The van der Waals surface area contributed by atoms with Gasteiger partial charge in [0.25, 0.3) is 0 Å². The van der Waals surface area contributed by atoms with Crippen molar-refractivity contribution in [1.29, 1.82) is 0 Å². The van der Waals surface area contributed by atoms with Crippen LogP contribution >= 0.6 is 0 Å². The van der Waals surface area contributed by atoms with Crippen LogP contribution in [0.5, 0.6) is 5.75 Å². The number of aromatic carboxylic acids is 1. The maximum absolute atomic E-state index is 11.3. The molecule has 0 spiro atoms. The highest BCUT2D eigenvalue weighted by atomic mass is 16.5. The Kier molecular flexibility index (Phi) is 4.40. The molecule has 5 nitrogen and oxygen atoms in total. The van der Waals surface area contributed by atoms with Crippen molar-refractivity contribution in [3.8, 4) is 17.0 Å². The van der Waals surface area contributed by atoms with Crippen LogP contribution in [0.4, 0.5) is 0 Å². The summed E-state index contributed by atoms with van der Waals surface area (Å²) in [5, 5.41) is 13.1. The van der Waals surface area contributed by atoms with Crippen molar-refractivity contribution in [2.45, 2.75) is 26.7 Å². The van der Waals surface area contributed by atoms with Gasteiger partial charge in [-0.05, 0) is 30.7 Å². The molecule has 0 amide bonds. The summed E-state index contributed by atoms with van der Waals surface area (Å²) in [5.74, 6) is 0.120. The van der Waals surface area contributed by atoms with E-state index in [2.05, 4.69) is 5.16 Å². The number of carbonyl (C=O) groups is 1. The first-order chi connectivity index (χ1) is 9.67. The first kappa shape index (κ1) is 14.1. The van der Waals surface area contributed by atoms with E-state index >= 15 is 0 Å². The van der Waals surface area contributed by atoms with Gasteiger partial charge in [-0.1, -0.05) is 19.0 Å². The Bertz CT molecular complexity index is 586. The molecule has 20 heavy (non-hydrogen) atoms. The number of aryl methyl sites for hydroxylation is 1. The van der Waals surface area contributed by atoms with Gasteiger partial charge in [-0.2, -0.15) is 0 Å². The monoisotopic (exact) mass is 275 g/mol. The molecule has 0 unspecified atom stereocenters. The molecule has 0 atom stereocenters. The number of ether oxygens (including phenoxy) is 1. The van der Waals surface area contributed by atoms with Crippen molar-refractivity contribution >= 4 is 5.97 Å². The van der Waals surface area contributed by atoms with E-state index in [1.807, 2.05) is 13.8 Å². The number of benzene rings is 1. The SMILES string of the molecule is CCCOc1ccc(-c2noc(CC)c2C(=O)O)cc1. The Labute approximate surface area is 117 Å². The molecule has 0 aliphatic heterocycles. The summed E-state index contributed by atoms with van der Waals surface area (Å²) in [6.07, 6.45) is 1.43. The Hall–Kier alpha value is -2.30. The smallest absolute Gasteiger partial charge is 0.341 e. The lowest BCUT2D eigenvalue weighted by atomic mass is 10.1. The first-order valence-corrected chi connectivity index (χ1v) is 6.62. The van der Waals surface area contributed by atoms with E-state index < -0.39 is 5.97 Å². The number of carboxylic acids is 1. The fraction of sp³-hybridized carbons (Fsp3) is 0.333. The minimum absolute atomic E-state index is 0.134. The second kappa shape index (κ2) is 6.23. The molecule has 0 aliphatic rings. The summed E-state index contributed by atoms with van der Waals surface area (Å²) >= 11 is 0. The molecule has 0 radical (unpaired) electrons. The van der Waals surface area contributed by atoms with Crippen LogP contribution in [0.3, 0.4) is 0 Å². The van der Waals surface area contributed by atoms with Crippen molar-refractivity contribution in [2.75, 3.05) is 6.61 Å². The lowest BCUT2D eigenvalue weighted by Gasteiger charge is -2.05. The van der Waals surface area contributed by atoms with Gasteiger partial charge in [0.2, 0.25) is 0 Å². The minimum atomic E-state index is -1.02. The third-order valence-corrected chi connectivity index (χ3v) is 2.90. The lowest BCUT2D eigenvalue weighted by molar-refractivity contribution is 0.0695. The molecule has 0 saturated carbocycles. The van der Waals surface area contributed by atoms with Crippen molar-refractivity contribution in [3.05, 3.63) is 35.6 Å². The molecule has 0 fully saturated rings. The number of nitrogens with zero attached hydrogens (tertiary/aromatic N) is 1. The van der Waals surface area contributed by atoms with E-state index in [9.17, 15) is 9.90 Å². The quantitative estimate of drug-likeness (QED) is 0.874. The fourth-order valence-corrected chi connectivity index (χ4v) is 1.91. The maximum atomic E-state index is 11.3. The fourth-order valence-electron chi connectivity index (χ4n) is 1.91. The van der Waals surface area contributed by atoms with Gasteiger partial charge in [0, 0.05) is 12.0 Å². The normalized spacial score (nSPS) is 10.5. The van der Waals surface area contributed by atoms with Crippen LogP contribution in [-0.2, 0) is 6.42 Å². The van der Waals surface area contributed by atoms with E-state index in [0.717, 1.165) is 12.2 Å². The number of hydrogen-bond donors (Lipinski definition) is 1. The highest BCUT2D eigenvalue weighted by Gasteiger charge is 2.22. The Balaban J connectivity index is 2.32. The molecule has 0 bridgehead atoms. The number of hydrogen-bond acceptors (Lipinski definition) is 4. The summed E-state index contributed by atoms with van der Waals surface area (Å²) in [4.78, 5) is 11.3. The Morgan fingerprint density at radius 3 is 2.55 bits per heavy atom. The Morgan fingerprint density at radius 2 is 2.00 bits per heavy atom. The van der Waals surface area contributed by atoms with Gasteiger partial charge in [-0.3, -0.25) is 0 Å². The molecule has 5 heteroatoms. The summed E-state index contributed by atoms with van der Waals surface area (Å²) < 4.78 is 10.6. The summed E-state index contributed by atoms with van der Waals surface area (Å²) in [7, 11) is 0. The van der Waals surface area contributed by atoms with Gasteiger partial charge in [0.1, 0.15) is 17.0 Å². The zero-order chi connectivity index (χ0) is 14.5. The van der Waals surface area contributed by atoms with Crippen LogP contribution in [0.1, 0.15) is 36.4 Å². The molecule has 1 aromatic heterocycles. The zero-order valence-electron chi connectivity index (χ0n) is 11.5. The van der Waals surface area contributed by atoms with Crippen LogP contribution in [-0.4, -0.2) is 22.8 Å². The standard InChI is InChI=1S/C15H17NO4/c1-3-9-19-11-7-5-10(6-8-11)14-13(15(17)18)12(4-2)20-16-14/h5-8H,3-4,9H2,1-2H3,(H,17,18). The topological polar surface area (TPSA) is 72.6 Å². The van der Waals surface area contributed by atoms with Gasteiger partial charge < -0.3 is 14.4 Å². The predicted octanol–water partition coefficient (Wildman–Crippen LogP) is 3.39. The summed E-state index contributed by atoms with van der Waals surface area (Å²) in [6, 6.07) is 7.18. The van der Waals surface area contributed by atoms with Crippen molar-refractivity contribution < 1.29 is 19.2 Å². The summed E-state index contributed by atoms with van der Waals surface area (Å²) in [6.45, 7) is 4.53. The maximum Gasteiger partial charge on any atom is 0.341 e. The lowest BCUT2D eigenvalue weighted by Crippen LogP contribution is -2.01. The predicted molar refractivity (Wildman–Crippen MR) is 74.1 cm³/mol. The second-order valence-electron chi connectivity index (χ2n) is 4.36. The average molecular weight is 275 g/mol. The third kappa shape index (κ3) is 2.82. The average Bonchev–Trinajstić information content (AvgIpc) is 2.89. The molecular formula is C15H17NO4. The van der Waals surface area contributed by atoms with Gasteiger partial charge in [-0.15, -0.1) is 0 Å². The van der Waals surface area contributed by atoms with Crippen molar-refractivity contribution in [1.82, 2.24) is 5.16 Å². The van der Waals surface area contributed by atoms with Crippen LogP contribution in [0.25, 0.3) is 11.3 Å². The van der Waals surface area contributed by atoms with Crippen LogP contribution in [0.15, 0.2) is 28.8 Å². The van der Waals surface area contributed by atoms with Crippen LogP contribution in [0.2, 0.25) is 0 Å². The van der Waals surface area contributed by atoms with Gasteiger partial charge in [-0.25, -0.2) is 4.79 Å². The summed E-state index contributed by atoms with van der Waals surface area (Å²) in [5.41, 5.74) is 1.20. The van der Waals surface area contributed by atoms with Crippen molar-refractivity contribution in [3.63, 3.8) is 0 Å². The molecule has 0 aliphatic carbocycles. The Morgan fingerprint density at radius 1 is 1.30 bits per heavy atom. The first-order valence-electron chi connectivity index (χ1n) is 6.62. The van der Waals surface area contributed by atoms with Gasteiger partial charge >= 0.3 is 5.97 Å². The second-order valence-corrected chi connectivity index (χ2v) is 4.36. The third-order valence-electron chi connectivity index (χ3n) is 2.90. The number of aromatic nitrogens is 1. The molecule has 0 saturated heterocycles.